The van der Waals surface area contributed by atoms with E-state index in [9.17, 15) is 0 Å². The van der Waals surface area contributed by atoms with Crippen LogP contribution in [0.5, 0.6) is 0 Å². The normalized spacial score (nSPS) is 18.4. The van der Waals surface area contributed by atoms with E-state index in [2.05, 4.69) is 291 Å². The summed E-state index contributed by atoms with van der Waals surface area (Å²) in [6.07, 6.45) is 1.84. The highest BCUT2D eigenvalue weighted by atomic mass is 15.3. The molecular formula is C72H70BN3. The third kappa shape index (κ3) is 7.23. The first-order valence-corrected chi connectivity index (χ1v) is 27.7. The van der Waals surface area contributed by atoms with E-state index in [1.165, 1.54) is 112 Å². The van der Waals surface area contributed by atoms with Gasteiger partial charge in [0.2, 0.25) is 0 Å². The molecule has 13 rings (SSSR count). The van der Waals surface area contributed by atoms with Crippen molar-refractivity contribution in [3.63, 3.8) is 0 Å². The summed E-state index contributed by atoms with van der Waals surface area (Å²) in [5, 5.41) is 0. The van der Waals surface area contributed by atoms with Crippen LogP contribution in [0.15, 0.2) is 200 Å². The van der Waals surface area contributed by atoms with Crippen LogP contribution >= 0.6 is 0 Å². The van der Waals surface area contributed by atoms with E-state index in [4.69, 9.17) is 0 Å². The average Bonchev–Trinajstić information content (AvgIpc) is 3.82. The lowest BCUT2D eigenvalue weighted by Gasteiger charge is -2.53. The van der Waals surface area contributed by atoms with Crippen LogP contribution in [0.3, 0.4) is 0 Å². The molecule has 0 amide bonds. The maximum Gasteiger partial charge on any atom is 0.252 e. The highest BCUT2D eigenvalue weighted by molar-refractivity contribution is 7.00. The molecule has 0 aromatic heterocycles. The third-order valence-electron chi connectivity index (χ3n) is 17.9. The van der Waals surface area contributed by atoms with Crippen molar-refractivity contribution in [1.82, 2.24) is 0 Å². The summed E-state index contributed by atoms with van der Waals surface area (Å²) in [5.74, 6) is 0. The SMILES string of the molecule is Cc1cc2c3c(c1)N(c1ccc(C(C)(C)C)cc1-c1ccccc1)c1cc(C(C)(C)C)ccc1B3c1ccc(N3c4ccccc4C4(c5ccccc5)Cc5ccccc5CC34C)cc1N2c1ccc(C(C)(C)C)cc1. The molecule has 76 heavy (non-hydrogen) atoms. The van der Waals surface area contributed by atoms with Crippen LogP contribution in [0.25, 0.3) is 11.1 Å². The molecule has 4 heteroatoms. The number of hydrogen-bond acceptors (Lipinski definition) is 3. The summed E-state index contributed by atoms with van der Waals surface area (Å²) in [7, 11) is 0. The van der Waals surface area contributed by atoms with Gasteiger partial charge in [0.25, 0.3) is 6.71 Å². The van der Waals surface area contributed by atoms with Gasteiger partial charge >= 0.3 is 0 Å². The Morgan fingerprint density at radius 1 is 0.421 bits per heavy atom. The second-order valence-electron chi connectivity index (χ2n) is 25.8. The van der Waals surface area contributed by atoms with Crippen LogP contribution in [0.2, 0.25) is 0 Å². The van der Waals surface area contributed by atoms with Crippen LogP contribution < -0.4 is 31.1 Å². The first kappa shape index (κ1) is 48.1. The van der Waals surface area contributed by atoms with Crippen LogP contribution in [0.4, 0.5) is 45.5 Å². The topological polar surface area (TPSA) is 9.72 Å². The Bertz CT molecular complexity index is 3760. The van der Waals surface area contributed by atoms with Crippen molar-refractivity contribution >= 4 is 68.6 Å². The average molecular weight is 988 g/mol. The van der Waals surface area contributed by atoms with Gasteiger partial charge in [-0.15, -0.1) is 0 Å². The van der Waals surface area contributed by atoms with Crippen LogP contribution in [-0.4, -0.2) is 12.3 Å². The molecule has 3 heterocycles. The second kappa shape index (κ2) is 17.0. The predicted molar refractivity (Wildman–Crippen MR) is 325 cm³/mol. The van der Waals surface area contributed by atoms with Gasteiger partial charge in [-0.1, -0.05) is 202 Å². The van der Waals surface area contributed by atoms with E-state index in [-0.39, 0.29) is 33.9 Å². The molecule has 4 aliphatic rings. The molecule has 2 atom stereocenters. The molecule has 0 saturated carbocycles. The van der Waals surface area contributed by atoms with Gasteiger partial charge in [0.05, 0.1) is 11.2 Å². The molecule has 0 fully saturated rings. The van der Waals surface area contributed by atoms with Crippen molar-refractivity contribution in [3.8, 4) is 11.1 Å². The summed E-state index contributed by atoms with van der Waals surface area (Å²) >= 11 is 0. The van der Waals surface area contributed by atoms with Crippen molar-refractivity contribution in [3.05, 3.63) is 245 Å². The zero-order valence-electron chi connectivity index (χ0n) is 46.4. The van der Waals surface area contributed by atoms with Crippen molar-refractivity contribution in [2.75, 3.05) is 14.7 Å². The van der Waals surface area contributed by atoms with Crippen molar-refractivity contribution in [2.24, 2.45) is 0 Å². The van der Waals surface area contributed by atoms with E-state index >= 15 is 0 Å². The standard InChI is InChI=1S/C72H70BN3/c1-47-40-65-67-66(41-47)75(61-39-33-53(69(5,6)7)42-57(61)48-22-14-12-15-23-48)63-43-54(70(8,9)10)32-37-59(63)73(67)60-38-36-56(44-64(60)74(65)55-34-30-51(31-35-55)68(2,3)4)76-62-29-21-20-28-58(62)72(52-26-16-13-17-27-52)46-50-25-19-18-24-49(50)45-71(72,76)11/h12-44H,45-46H2,1-11H3. The van der Waals surface area contributed by atoms with Gasteiger partial charge in [-0.2, -0.15) is 0 Å². The molecule has 1 aliphatic carbocycles. The van der Waals surface area contributed by atoms with Gasteiger partial charge in [-0.3, -0.25) is 0 Å². The largest absolute Gasteiger partial charge is 0.334 e. The van der Waals surface area contributed by atoms with Crippen LogP contribution in [0.1, 0.15) is 114 Å². The number of fused-ring (bicyclic) bond motifs is 8. The number of anilines is 8. The summed E-state index contributed by atoms with van der Waals surface area (Å²) in [4.78, 5) is 8.00. The monoisotopic (exact) mass is 988 g/mol. The first-order chi connectivity index (χ1) is 36.3. The van der Waals surface area contributed by atoms with Crippen LogP contribution in [-0.2, 0) is 34.5 Å². The first-order valence-electron chi connectivity index (χ1n) is 27.7. The van der Waals surface area contributed by atoms with Gasteiger partial charge in [-0.25, -0.2) is 0 Å². The Labute approximate surface area is 453 Å². The van der Waals surface area contributed by atoms with Crippen molar-refractivity contribution < 1.29 is 0 Å². The number of hydrogen-bond donors (Lipinski definition) is 0. The smallest absolute Gasteiger partial charge is 0.252 e. The van der Waals surface area contributed by atoms with Gasteiger partial charge in [0.1, 0.15) is 0 Å². The number of benzene rings is 9. The summed E-state index contributed by atoms with van der Waals surface area (Å²) < 4.78 is 0. The molecule has 9 aromatic carbocycles. The molecule has 2 unspecified atom stereocenters. The van der Waals surface area contributed by atoms with Gasteiger partial charge < -0.3 is 14.7 Å². The number of nitrogens with zero attached hydrogens (tertiary/aromatic N) is 3. The Kier molecular flexibility index (Phi) is 10.7. The van der Waals surface area contributed by atoms with E-state index < -0.39 is 0 Å². The van der Waals surface area contributed by atoms with E-state index in [0.29, 0.717) is 0 Å². The number of aryl methyl sites for hydroxylation is 1. The third-order valence-corrected chi connectivity index (χ3v) is 17.9. The molecular weight excluding hydrogens is 918 g/mol. The lowest BCUT2D eigenvalue weighted by atomic mass is 9.33. The highest BCUT2D eigenvalue weighted by Crippen LogP contribution is 2.63. The zero-order valence-corrected chi connectivity index (χ0v) is 46.4. The fourth-order valence-corrected chi connectivity index (χ4v) is 14.0. The number of rotatable bonds is 5. The van der Waals surface area contributed by atoms with Gasteiger partial charge in [-0.05, 0) is 170 Å². The highest BCUT2D eigenvalue weighted by Gasteiger charge is 2.62. The fourth-order valence-electron chi connectivity index (χ4n) is 14.0. The minimum Gasteiger partial charge on any atom is -0.334 e. The van der Waals surface area contributed by atoms with E-state index in [0.717, 1.165) is 18.5 Å². The quantitative estimate of drug-likeness (QED) is 0.159. The molecule has 0 spiro atoms. The Hall–Kier alpha value is -7.56. The Morgan fingerprint density at radius 3 is 1.62 bits per heavy atom. The van der Waals surface area contributed by atoms with Crippen molar-refractivity contribution in [1.29, 1.82) is 0 Å². The van der Waals surface area contributed by atoms with Crippen LogP contribution in [0, 0.1) is 6.92 Å². The van der Waals surface area contributed by atoms with Crippen molar-refractivity contribution in [2.45, 2.75) is 116 Å². The summed E-state index contributed by atoms with van der Waals surface area (Å²) in [6, 6.07) is 77.6. The molecule has 0 bridgehead atoms. The lowest BCUT2D eigenvalue weighted by Crippen LogP contribution is -2.62. The molecule has 0 radical (unpaired) electrons. The molecule has 376 valence electrons. The maximum absolute atomic E-state index is 2.75. The Morgan fingerprint density at radius 2 is 0.947 bits per heavy atom. The summed E-state index contributed by atoms with van der Waals surface area (Å²) in [6.45, 7) is 25.8. The molecule has 0 N–H and O–H groups in total. The maximum atomic E-state index is 2.75. The van der Waals surface area contributed by atoms with Gasteiger partial charge in [0, 0.05) is 50.8 Å². The minimum atomic E-state index is -0.337. The lowest BCUT2D eigenvalue weighted by molar-refractivity contribution is 0.281. The molecule has 3 aliphatic heterocycles. The fraction of sp³-hybridized carbons (Fsp3) is 0.250. The van der Waals surface area contributed by atoms with E-state index in [1.54, 1.807) is 0 Å². The zero-order chi connectivity index (χ0) is 52.7. The van der Waals surface area contributed by atoms with Gasteiger partial charge in [0.15, 0.2) is 0 Å². The molecule has 9 aromatic rings. The minimum absolute atomic E-state index is 0.0106. The van der Waals surface area contributed by atoms with E-state index in [1.807, 2.05) is 0 Å². The Balaban J connectivity index is 1.09. The second-order valence-corrected chi connectivity index (χ2v) is 25.8. The number of para-hydroxylation sites is 1. The summed E-state index contributed by atoms with van der Waals surface area (Å²) in [5.41, 5.74) is 26.4. The molecule has 0 saturated heterocycles. The molecule has 3 nitrogen and oxygen atoms in total. The predicted octanol–water partition coefficient (Wildman–Crippen LogP) is 16.6.